The van der Waals surface area contributed by atoms with Gasteiger partial charge in [0.1, 0.15) is 11.6 Å². The number of aromatic nitrogens is 1. The molecular formula is C9H13N3OS. The van der Waals surface area contributed by atoms with Crippen molar-refractivity contribution in [3.8, 4) is 5.75 Å². The van der Waals surface area contributed by atoms with E-state index in [4.69, 9.17) is 10.5 Å². The van der Waals surface area contributed by atoms with Crippen LogP contribution in [0, 0.1) is 0 Å². The maximum absolute atomic E-state index is 5.78. The number of nitrogens with zero attached hydrogens (tertiary/aromatic N) is 2. The van der Waals surface area contributed by atoms with Gasteiger partial charge in [0.2, 0.25) is 0 Å². The molecule has 0 bridgehead atoms. The molecule has 0 radical (unpaired) electrons. The first kappa shape index (κ1) is 10.8. The zero-order chi connectivity index (χ0) is 10.6. The number of hydrogen-bond donors (Lipinski definition) is 2. The minimum absolute atomic E-state index is 0.428. The van der Waals surface area contributed by atoms with Crippen LogP contribution in [-0.2, 0) is 0 Å². The van der Waals surface area contributed by atoms with E-state index in [1.54, 1.807) is 19.5 Å². The summed E-state index contributed by atoms with van der Waals surface area (Å²) >= 11 is 4.25. The molecule has 4 nitrogen and oxygen atoms in total. The van der Waals surface area contributed by atoms with Gasteiger partial charge in [-0.2, -0.15) is 0 Å². The lowest BCUT2D eigenvalue weighted by Gasteiger charge is -2.09. The number of nitrogens with two attached hydrogens (primary N) is 1. The van der Waals surface area contributed by atoms with E-state index in [1.165, 1.54) is 0 Å². The number of ether oxygens (including phenoxy) is 1. The molecule has 0 saturated carbocycles. The Bertz CT molecular complexity index is 352. The predicted molar refractivity (Wildman–Crippen MR) is 59.3 cm³/mol. The molecule has 5 heteroatoms. The fraction of sp³-hybridized carbons (Fsp3) is 0.333. The Morgan fingerprint density at radius 2 is 2.36 bits per heavy atom. The molecule has 0 saturated heterocycles. The lowest BCUT2D eigenvalue weighted by molar-refractivity contribution is 0.410. The summed E-state index contributed by atoms with van der Waals surface area (Å²) in [4.78, 5) is 8.71. The van der Waals surface area contributed by atoms with Crippen LogP contribution >= 0.6 is 12.6 Å². The van der Waals surface area contributed by atoms with E-state index in [-0.39, 0.29) is 0 Å². The molecule has 1 aromatic rings. The molecule has 76 valence electrons. The number of methoxy groups -OCH3 is 1. The van der Waals surface area contributed by atoms with E-state index in [0.717, 1.165) is 0 Å². The van der Waals surface area contributed by atoms with Crippen LogP contribution in [-0.4, -0.2) is 24.5 Å². The van der Waals surface area contributed by atoms with Gasteiger partial charge in [-0.25, -0.2) is 0 Å². The summed E-state index contributed by atoms with van der Waals surface area (Å²) in [5.41, 5.74) is 6.48. The van der Waals surface area contributed by atoms with Crippen molar-refractivity contribution in [3.63, 3.8) is 0 Å². The highest BCUT2D eigenvalue weighted by molar-refractivity contribution is 7.80. The van der Waals surface area contributed by atoms with Gasteiger partial charge in [-0.3, -0.25) is 9.98 Å². The number of pyridine rings is 1. The van der Waals surface area contributed by atoms with E-state index < -0.39 is 0 Å². The zero-order valence-corrected chi connectivity index (χ0v) is 9.08. The van der Waals surface area contributed by atoms with Gasteiger partial charge in [0.15, 0.2) is 0 Å². The van der Waals surface area contributed by atoms with Crippen molar-refractivity contribution in [2.45, 2.75) is 11.8 Å². The van der Waals surface area contributed by atoms with Gasteiger partial charge in [-0.05, 0) is 6.92 Å². The highest BCUT2D eigenvalue weighted by Gasteiger charge is 2.10. The van der Waals surface area contributed by atoms with Crippen molar-refractivity contribution in [3.05, 3.63) is 18.0 Å². The smallest absolute Gasteiger partial charge is 0.149 e. The summed E-state index contributed by atoms with van der Waals surface area (Å²) in [7, 11) is 1.56. The number of amidine groups is 1. The van der Waals surface area contributed by atoms with Crippen molar-refractivity contribution in [1.82, 2.24) is 4.98 Å². The molecule has 0 unspecified atom stereocenters. The van der Waals surface area contributed by atoms with Gasteiger partial charge in [0.25, 0.3) is 0 Å². The lowest BCUT2D eigenvalue weighted by atomic mass is 10.2. The largest absolute Gasteiger partial charge is 0.494 e. The SMILES string of the molecule is CCN=C(N)c1c(S)cncc1OC. The predicted octanol–water partition coefficient (Wildman–Crippen LogP) is 1.10. The molecule has 0 aliphatic carbocycles. The minimum atomic E-state index is 0.428. The zero-order valence-electron chi connectivity index (χ0n) is 8.19. The number of aliphatic imine (C=N–C) groups is 1. The fourth-order valence-corrected chi connectivity index (χ4v) is 1.38. The second-order valence-corrected chi connectivity index (χ2v) is 3.08. The molecule has 0 fully saturated rings. The molecule has 0 aromatic carbocycles. The van der Waals surface area contributed by atoms with Crippen LogP contribution in [0.15, 0.2) is 22.3 Å². The number of thiol groups is 1. The van der Waals surface area contributed by atoms with Gasteiger partial charge in [0, 0.05) is 17.6 Å². The van der Waals surface area contributed by atoms with E-state index in [9.17, 15) is 0 Å². The summed E-state index contributed by atoms with van der Waals surface area (Å²) in [6.45, 7) is 2.54. The summed E-state index contributed by atoms with van der Waals surface area (Å²) in [5.74, 6) is 1.02. The Labute approximate surface area is 88.6 Å². The third kappa shape index (κ3) is 2.17. The first-order valence-electron chi connectivity index (χ1n) is 4.22. The summed E-state index contributed by atoms with van der Waals surface area (Å²) in [6, 6.07) is 0. The first-order valence-corrected chi connectivity index (χ1v) is 4.66. The molecule has 0 aliphatic heterocycles. The van der Waals surface area contributed by atoms with E-state index >= 15 is 0 Å². The molecule has 14 heavy (non-hydrogen) atoms. The number of rotatable bonds is 3. The lowest BCUT2D eigenvalue weighted by Crippen LogP contribution is -2.16. The molecule has 1 heterocycles. The van der Waals surface area contributed by atoms with Gasteiger partial charge in [-0.1, -0.05) is 0 Å². The molecule has 0 spiro atoms. The quantitative estimate of drug-likeness (QED) is 0.447. The average molecular weight is 211 g/mol. The fourth-order valence-electron chi connectivity index (χ4n) is 1.09. The third-order valence-corrected chi connectivity index (χ3v) is 2.03. The van der Waals surface area contributed by atoms with Crippen molar-refractivity contribution in [2.24, 2.45) is 10.7 Å². The summed E-state index contributed by atoms with van der Waals surface area (Å²) in [6.07, 6.45) is 3.20. The average Bonchev–Trinajstić information content (AvgIpc) is 2.17. The Morgan fingerprint density at radius 3 is 2.93 bits per heavy atom. The Kier molecular flexibility index (Phi) is 3.76. The molecule has 1 rings (SSSR count). The van der Waals surface area contributed by atoms with Crippen LogP contribution in [0.3, 0.4) is 0 Å². The molecule has 0 aliphatic rings. The standard InChI is InChI=1S/C9H13N3OS/c1-3-12-9(10)8-6(13-2)4-11-5-7(8)14/h4-5,14H,3H2,1-2H3,(H2,10,12). The van der Waals surface area contributed by atoms with Crippen LogP contribution in [0.1, 0.15) is 12.5 Å². The number of hydrogen-bond acceptors (Lipinski definition) is 4. The molecule has 2 N–H and O–H groups in total. The van der Waals surface area contributed by atoms with E-state index in [1.807, 2.05) is 6.92 Å². The monoisotopic (exact) mass is 211 g/mol. The van der Waals surface area contributed by atoms with Crippen molar-refractivity contribution in [1.29, 1.82) is 0 Å². The Hall–Kier alpha value is -1.23. The second kappa shape index (κ2) is 4.85. The van der Waals surface area contributed by atoms with Crippen LogP contribution in [0.5, 0.6) is 5.75 Å². The normalized spacial score (nSPS) is 11.5. The molecule has 0 atom stereocenters. The van der Waals surface area contributed by atoms with Gasteiger partial charge >= 0.3 is 0 Å². The van der Waals surface area contributed by atoms with Crippen molar-refractivity contribution < 1.29 is 4.74 Å². The molecule has 0 amide bonds. The third-order valence-electron chi connectivity index (χ3n) is 1.70. The molecular weight excluding hydrogens is 198 g/mol. The molecule has 1 aromatic heterocycles. The van der Waals surface area contributed by atoms with Crippen molar-refractivity contribution in [2.75, 3.05) is 13.7 Å². The maximum Gasteiger partial charge on any atom is 0.149 e. The van der Waals surface area contributed by atoms with Gasteiger partial charge in [0.05, 0.1) is 18.9 Å². The first-order chi connectivity index (χ1) is 6.70. The van der Waals surface area contributed by atoms with Crippen LogP contribution in [0.4, 0.5) is 0 Å². The van der Waals surface area contributed by atoms with E-state index in [2.05, 4.69) is 22.6 Å². The highest BCUT2D eigenvalue weighted by atomic mass is 32.1. The maximum atomic E-state index is 5.78. The second-order valence-electron chi connectivity index (χ2n) is 2.60. The van der Waals surface area contributed by atoms with Crippen LogP contribution in [0.25, 0.3) is 0 Å². The summed E-state index contributed by atoms with van der Waals surface area (Å²) in [5, 5.41) is 0. The summed E-state index contributed by atoms with van der Waals surface area (Å²) < 4.78 is 5.12. The minimum Gasteiger partial charge on any atom is -0.494 e. The van der Waals surface area contributed by atoms with Crippen LogP contribution in [0.2, 0.25) is 0 Å². The van der Waals surface area contributed by atoms with Crippen molar-refractivity contribution >= 4 is 18.5 Å². The Morgan fingerprint density at radius 1 is 1.64 bits per heavy atom. The highest BCUT2D eigenvalue weighted by Crippen LogP contribution is 2.22. The van der Waals surface area contributed by atoms with Gasteiger partial charge in [-0.15, -0.1) is 12.6 Å². The Balaban J connectivity index is 3.23. The van der Waals surface area contributed by atoms with Crippen LogP contribution < -0.4 is 10.5 Å². The van der Waals surface area contributed by atoms with Gasteiger partial charge < -0.3 is 10.5 Å². The topological polar surface area (TPSA) is 60.5 Å². The van der Waals surface area contributed by atoms with E-state index in [0.29, 0.717) is 28.6 Å².